The number of nitrogens with one attached hydrogen (secondary N) is 1. The maximum Gasteiger partial charge on any atom is 0.120 e. The third-order valence-electron chi connectivity index (χ3n) is 3.72. The molecule has 3 nitrogen and oxygen atoms in total. The van der Waals surface area contributed by atoms with Gasteiger partial charge < -0.3 is 9.72 Å². The van der Waals surface area contributed by atoms with Gasteiger partial charge in [-0.05, 0) is 43.7 Å². The Morgan fingerprint density at radius 2 is 1.72 bits per heavy atom. The topological polar surface area (TPSA) is 28.3 Å². The zero-order valence-electron chi connectivity index (χ0n) is 14.5. The number of aromatic amines is 1. The molecule has 0 saturated heterocycles. The smallest absolute Gasteiger partial charge is 0.120 e. The molecule has 124 valence electrons. The monoisotopic (exact) mass is 328 g/mol. The number of aromatic nitrogens is 1. The molecular weight excluding hydrogens is 308 g/mol. The van der Waals surface area contributed by atoms with Crippen LogP contribution in [0.15, 0.2) is 54.6 Å². The first kappa shape index (κ1) is 16.6. The van der Waals surface area contributed by atoms with E-state index in [0.717, 1.165) is 27.9 Å². The Kier molecular flexibility index (Phi) is 5.29. The van der Waals surface area contributed by atoms with Gasteiger partial charge in [-0.15, -0.1) is 0 Å². The number of fused-ring (bicyclic) bond motifs is 1. The van der Waals surface area contributed by atoms with Crippen molar-refractivity contribution in [3.63, 3.8) is 0 Å². The van der Waals surface area contributed by atoms with Gasteiger partial charge in [0.15, 0.2) is 0 Å². The molecule has 2 aromatic carbocycles. The van der Waals surface area contributed by atoms with Gasteiger partial charge in [0.1, 0.15) is 12.4 Å². The van der Waals surface area contributed by atoms with Crippen molar-refractivity contribution in [3.8, 4) is 29.7 Å². The predicted molar refractivity (Wildman–Crippen MR) is 102 cm³/mol. The van der Waals surface area contributed by atoms with Gasteiger partial charge >= 0.3 is 0 Å². The largest absolute Gasteiger partial charge is 0.489 e. The molecule has 3 rings (SSSR count). The van der Waals surface area contributed by atoms with Crippen LogP contribution >= 0.6 is 0 Å². The summed E-state index contributed by atoms with van der Waals surface area (Å²) in [6, 6.07) is 24.3. The van der Waals surface area contributed by atoms with Crippen molar-refractivity contribution in [3.05, 3.63) is 65.9 Å². The van der Waals surface area contributed by atoms with Crippen molar-refractivity contribution in [1.29, 1.82) is 0 Å². The van der Waals surface area contributed by atoms with E-state index in [2.05, 4.69) is 53.2 Å². The molecule has 0 aliphatic carbocycles. The molecule has 25 heavy (non-hydrogen) atoms. The normalized spacial score (nSPS) is 9.68. The van der Waals surface area contributed by atoms with Gasteiger partial charge in [0, 0.05) is 28.7 Å². The molecule has 3 aromatic rings. The van der Waals surface area contributed by atoms with E-state index in [9.17, 15) is 0 Å². The zero-order chi connectivity index (χ0) is 17.5. The van der Waals surface area contributed by atoms with Crippen LogP contribution in [-0.2, 0) is 13.2 Å². The van der Waals surface area contributed by atoms with Gasteiger partial charge in [0.2, 0.25) is 0 Å². The van der Waals surface area contributed by atoms with Crippen LogP contribution < -0.4 is 4.74 Å². The van der Waals surface area contributed by atoms with E-state index in [-0.39, 0.29) is 0 Å². The highest BCUT2D eigenvalue weighted by atomic mass is 16.5. The maximum absolute atomic E-state index is 5.90. The standard InChI is InChI=1S/C22H20N2O/c1-3-12-24(13-4-2)16-20-14-19-15-21(10-11-22(19)23-20)25-17-18-8-6-5-7-9-18/h5-11,14-15,23H,16-17H2,1-2H3. The average molecular weight is 328 g/mol. The molecule has 0 aliphatic rings. The van der Waals surface area contributed by atoms with Crippen LogP contribution in [-0.4, -0.2) is 9.88 Å². The number of H-pyrrole nitrogens is 1. The summed E-state index contributed by atoms with van der Waals surface area (Å²) in [6.07, 6.45) is 0. The van der Waals surface area contributed by atoms with E-state index >= 15 is 0 Å². The lowest BCUT2D eigenvalue weighted by Gasteiger charge is -2.06. The molecule has 0 atom stereocenters. The Balaban J connectivity index is 1.74. The Labute approximate surface area is 148 Å². The van der Waals surface area contributed by atoms with Gasteiger partial charge in [0.05, 0.1) is 6.54 Å². The number of benzene rings is 2. The van der Waals surface area contributed by atoms with E-state index in [1.165, 1.54) is 0 Å². The first-order chi connectivity index (χ1) is 12.3. The lowest BCUT2D eigenvalue weighted by Crippen LogP contribution is -2.10. The second kappa shape index (κ2) is 7.99. The van der Waals surface area contributed by atoms with Crippen LogP contribution in [0.4, 0.5) is 0 Å². The van der Waals surface area contributed by atoms with Crippen molar-refractivity contribution in [2.75, 3.05) is 0 Å². The number of ether oxygens (including phenoxy) is 1. The third kappa shape index (κ3) is 4.37. The Morgan fingerprint density at radius 3 is 2.44 bits per heavy atom. The first-order valence-electron chi connectivity index (χ1n) is 8.19. The fourth-order valence-electron chi connectivity index (χ4n) is 2.63. The van der Waals surface area contributed by atoms with Gasteiger partial charge in [-0.2, -0.15) is 0 Å². The van der Waals surface area contributed by atoms with Gasteiger partial charge in [-0.3, -0.25) is 4.90 Å². The SMILES string of the molecule is CC#CN(C#CC)Cc1cc2cc(OCc3ccccc3)ccc2[nH]1. The molecule has 1 N–H and O–H groups in total. The lowest BCUT2D eigenvalue weighted by molar-refractivity contribution is 0.306. The molecule has 0 fully saturated rings. The second-order valence-corrected chi connectivity index (χ2v) is 5.63. The predicted octanol–water partition coefficient (Wildman–Crippen LogP) is 4.51. The summed E-state index contributed by atoms with van der Waals surface area (Å²) in [5.41, 5.74) is 3.31. The molecule has 1 aromatic heterocycles. The van der Waals surface area contributed by atoms with Crippen molar-refractivity contribution >= 4 is 10.9 Å². The van der Waals surface area contributed by atoms with Crippen molar-refractivity contribution < 1.29 is 4.74 Å². The van der Waals surface area contributed by atoms with E-state index in [4.69, 9.17) is 4.74 Å². The molecule has 0 aliphatic heterocycles. The molecule has 1 heterocycles. The third-order valence-corrected chi connectivity index (χ3v) is 3.72. The number of rotatable bonds is 5. The molecule has 0 radical (unpaired) electrons. The van der Waals surface area contributed by atoms with E-state index in [1.54, 1.807) is 4.90 Å². The minimum absolute atomic E-state index is 0.565. The molecule has 0 amide bonds. The minimum Gasteiger partial charge on any atom is -0.489 e. The van der Waals surface area contributed by atoms with E-state index in [0.29, 0.717) is 13.2 Å². The molecule has 0 bridgehead atoms. The maximum atomic E-state index is 5.90. The minimum atomic E-state index is 0.565. The lowest BCUT2D eigenvalue weighted by atomic mass is 10.2. The molecule has 3 heteroatoms. The Hall–Kier alpha value is -3.30. The van der Waals surface area contributed by atoms with Crippen molar-refractivity contribution in [1.82, 2.24) is 9.88 Å². The molecule has 0 saturated carbocycles. The van der Waals surface area contributed by atoms with Crippen molar-refractivity contribution in [2.45, 2.75) is 27.0 Å². The van der Waals surface area contributed by atoms with Crippen LogP contribution in [0.1, 0.15) is 25.1 Å². The van der Waals surface area contributed by atoms with Crippen LogP contribution in [0, 0.1) is 23.9 Å². The summed E-state index contributed by atoms with van der Waals surface area (Å²) in [7, 11) is 0. The second-order valence-electron chi connectivity index (χ2n) is 5.63. The zero-order valence-corrected chi connectivity index (χ0v) is 14.5. The number of hydrogen-bond acceptors (Lipinski definition) is 2. The summed E-state index contributed by atoms with van der Waals surface area (Å²) >= 11 is 0. The number of nitrogens with zero attached hydrogens (tertiary/aromatic N) is 1. The molecule has 0 unspecified atom stereocenters. The summed E-state index contributed by atoms with van der Waals surface area (Å²) < 4.78 is 5.90. The van der Waals surface area contributed by atoms with Crippen LogP contribution in [0.2, 0.25) is 0 Å². The Bertz CT molecular complexity index is 945. The Morgan fingerprint density at radius 1 is 0.960 bits per heavy atom. The highest BCUT2D eigenvalue weighted by Gasteiger charge is 2.05. The van der Waals surface area contributed by atoms with Gasteiger partial charge in [0.25, 0.3) is 0 Å². The average Bonchev–Trinajstić information content (AvgIpc) is 3.03. The first-order valence-corrected chi connectivity index (χ1v) is 8.19. The quantitative estimate of drug-likeness (QED) is 0.551. The van der Waals surface area contributed by atoms with E-state index < -0.39 is 0 Å². The summed E-state index contributed by atoms with van der Waals surface area (Å²) in [4.78, 5) is 5.20. The van der Waals surface area contributed by atoms with Crippen LogP contribution in [0.3, 0.4) is 0 Å². The summed E-state index contributed by atoms with van der Waals surface area (Å²) in [5, 5.41) is 1.12. The molecule has 0 spiro atoms. The summed E-state index contributed by atoms with van der Waals surface area (Å²) in [5.74, 6) is 6.64. The number of hydrogen-bond donors (Lipinski definition) is 1. The summed E-state index contributed by atoms with van der Waals surface area (Å²) in [6.45, 7) is 4.82. The van der Waals surface area contributed by atoms with E-state index in [1.807, 2.05) is 44.2 Å². The van der Waals surface area contributed by atoms with Crippen LogP contribution in [0.5, 0.6) is 5.75 Å². The fraction of sp³-hybridized carbons (Fsp3) is 0.182. The molecular formula is C22H20N2O. The van der Waals surface area contributed by atoms with Gasteiger partial charge in [-0.1, -0.05) is 42.2 Å². The highest BCUT2D eigenvalue weighted by Crippen LogP contribution is 2.23. The van der Waals surface area contributed by atoms with Gasteiger partial charge in [-0.25, -0.2) is 0 Å². The van der Waals surface area contributed by atoms with Crippen molar-refractivity contribution in [2.24, 2.45) is 0 Å². The highest BCUT2D eigenvalue weighted by molar-refractivity contribution is 5.81. The van der Waals surface area contributed by atoms with Crippen LogP contribution in [0.25, 0.3) is 10.9 Å². The fourth-order valence-corrected chi connectivity index (χ4v) is 2.63.